The van der Waals surface area contributed by atoms with E-state index in [-0.39, 0.29) is 12.4 Å². The van der Waals surface area contributed by atoms with Crippen LogP contribution in [0.4, 0.5) is 0 Å². The SMILES string of the molecule is CCCCCCCCCCCCCCCCC[C@@H]1OC[C@@H](COCCCCI)O1. The van der Waals surface area contributed by atoms with E-state index in [9.17, 15) is 0 Å². The molecule has 1 rings (SSSR count). The first-order valence-electron chi connectivity index (χ1n) is 12.8. The van der Waals surface area contributed by atoms with Crippen molar-refractivity contribution in [1.82, 2.24) is 0 Å². The second kappa shape index (κ2) is 21.8. The molecule has 1 aliphatic heterocycles. The Morgan fingerprint density at radius 3 is 1.83 bits per heavy atom. The van der Waals surface area contributed by atoms with Crippen molar-refractivity contribution in [1.29, 1.82) is 0 Å². The third-order valence-corrected chi connectivity index (χ3v) is 6.59. The standard InChI is InChI=1S/C25H49IO3/c1-2-3-4-5-6-7-8-9-10-11-12-13-14-15-16-19-25-28-23-24(29-25)22-27-21-18-17-20-26/h24-25H,2-23H2,1H3/t24-,25-/m1/s1. The zero-order valence-electron chi connectivity index (χ0n) is 19.3. The third kappa shape index (κ3) is 17.9. The Labute approximate surface area is 195 Å². The van der Waals surface area contributed by atoms with Crippen LogP contribution >= 0.6 is 22.6 Å². The third-order valence-electron chi connectivity index (χ3n) is 5.83. The minimum absolute atomic E-state index is 0.0138. The first-order valence-corrected chi connectivity index (χ1v) is 14.3. The van der Waals surface area contributed by atoms with E-state index in [4.69, 9.17) is 14.2 Å². The highest BCUT2D eigenvalue weighted by molar-refractivity contribution is 14.1. The van der Waals surface area contributed by atoms with Crippen molar-refractivity contribution >= 4 is 22.6 Å². The molecule has 0 saturated carbocycles. The molecule has 1 fully saturated rings. The highest BCUT2D eigenvalue weighted by atomic mass is 127. The van der Waals surface area contributed by atoms with Gasteiger partial charge in [0.05, 0.1) is 13.2 Å². The van der Waals surface area contributed by atoms with E-state index >= 15 is 0 Å². The smallest absolute Gasteiger partial charge is 0.158 e. The fourth-order valence-electron chi connectivity index (χ4n) is 3.94. The number of ether oxygens (including phenoxy) is 3. The van der Waals surface area contributed by atoms with Gasteiger partial charge in [0.1, 0.15) is 6.10 Å². The van der Waals surface area contributed by atoms with Gasteiger partial charge >= 0.3 is 0 Å². The Morgan fingerprint density at radius 2 is 1.28 bits per heavy atom. The van der Waals surface area contributed by atoms with Gasteiger partial charge in [-0.25, -0.2) is 0 Å². The summed E-state index contributed by atoms with van der Waals surface area (Å²) in [5, 5.41) is 0. The van der Waals surface area contributed by atoms with E-state index in [1.807, 2.05) is 0 Å². The normalized spacial score (nSPS) is 19.2. The van der Waals surface area contributed by atoms with E-state index in [1.165, 1.54) is 107 Å². The lowest BCUT2D eigenvalue weighted by atomic mass is 10.0. The minimum atomic E-state index is 0.0138. The fourth-order valence-corrected chi connectivity index (χ4v) is 4.48. The number of hydrogen-bond donors (Lipinski definition) is 0. The molecule has 2 atom stereocenters. The van der Waals surface area contributed by atoms with Crippen LogP contribution in [0.3, 0.4) is 0 Å². The van der Waals surface area contributed by atoms with Crippen LogP contribution < -0.4 is 0 Å². The first-order chi connectivity index (χ1) is 14.4. The monoisotopic (exact) mass is 524 g/mol. The van der Waals surface area contributed by atoms with Crippen LogP contribution in [0.5, 0.6) is 0 Å². The van der Waals surface area contributed by atoms with Crippen molar-refractivity contribution in [3.8, 4) is 0 Å². The summed E-state index contributed by atoms with van der Waals surface area (Å²) in [5.74, 6) is 0. The summed E-state index contributed by atoms with van der Waals surface area (Å²) < 4.78 is 18.6. The van der Waals surface area contributed by atoms with E-state index in [0.717, 1.165) is 19.4 Å². The maximum Gasteiger partial charge on any atom is 0.158 e. The topological polar surface area (TPSA) is 27.7 Å². The molecule has 0 aliphatic carbocycles. The van der Waals surface area contributed by atoms with Gasteiger partial charge in [0.15, 0.2) is 6.29 Å². The number of halogens is 1. The van der Waals surface area contributed by atoms with Gasteiger partial charge in [-0.05, 0) is 30.1 Å². The molecule has 0 aromatic carbocycles. The summed E-state index contributed by atoms with van der Waals surface area (Å²) >= 11 is 2.41. The molecule has 0 unspecified atom stereocenters. The molecule has 3 nitrogen and oxygen atoms in total. The molecule has 0 radical (unpaired) electrons. The van der Waals surface area contributed by atoms with Gasteiger partial charge in [0.2, 0.25) is 0 Å². The molecule has 0 aromatic heterocycles. The zero-order chi connectivity index (χ0) is 20.8. The lowest BCUT2D eigenvalue weighted by molar-refractivity contribution is -0.0760. The van der Waals surface area contributed by atoms with E-state index in [1.54, 1.807) is 0 Å². The minimum Gasteiger partial charge on any atom is -0.379 e. The Balaban J connectivity index is 1.75. The fraction of sp³-hybridized carbons (Fsp3) is 1.00. The Bertz CT molecular complexity index is 327. The van der Waals surface area contributed by atoms with Crippen LogP contribution in [0.2, 0.25) is 0 Å². The van der Waals surface area contributed by atoms with Crippen LogP contribution in [-0.4, -0.2) is 36.6 Å². The molecular formula is C25H49IO3. The van der Waals surface area contributed by atoms with Gasteiger partial charge in [-0.2, -0.15) is 0 Å². The summed E-state index contributed by atoms with van der Waals surface area (Å²) in [6, 6.07) is 0. The van der Waals surface area contributed by atoms with E-state index in [0.29, 0.717) is 13.2 Å². The van der Waals surface area contributed by atoms with Crippen LogP contribution in [0.15, 0.2) is 0 Å². The summed E-state index contributed by atoms with van der Waals surface area (Å²) in [6.07, 6.45) is 24.7. The van der Waals surface area contributed by atoms with Gasteiger partial charge in [-0.3, -0.25) is 0 Å². The van der Waals surface area contributed by atoms with Crippen LogP contribution in [0.1, 0.15) is 122 Å². The molecule has 1 saturated heterocycles. The molecule has 0 aromatic rings. The second-order valence-electron chi connectivity index (χ2n) is 8.73. The largest absolute Gasteiger partial charge is 0.379 e. The Kier molecular flexibility index (Phi) is 20.8. The van der Waals surface area contributed by atoms with Crippen molar-refractivity contribution in [3.05, 3.63) is 0 Å². The van der Waals surface area contributed by atoms with Crippen molar-refractivity contribution in [2.75, 3.05) is 24.2 Å². The predicted molar refractivity (Wildman–Crippen MR) is 133 cm³/mol. The van der Waals surface area contributed by atoms with Gasteiger partial charge in [-0.15, -0.1) is 0 Å². The first kappa shape index (κ1) is 27.6. The molecule has 0 N–H and O–H groups in total. The van der Waals surface area contributed by atoms with Crippen molar-refractivity contribution in [3.63, 3.8) is 0 Å². The lowest BCUT2D eigenvalue weighted by Gasteiger charge is -2.11. The lowest BCUT2D eigenvalue weighted by Crippen LogP contribution is -2.19. The van der Waals surface area contributed by atoms with Gasteiger partial charge < -0.3 is 14.2 Å². The average Bonchev–Trinajstić information content (AvgIpc) is 3.18. The molecule has 1 heterocycles. The molecule has 29 heavy (non-hydrogen) atoms. The van der Waals surface area contributed by atoms with Crippen molar-refractivity contribution < 1.29 is 14.2 Å². The predicted octanol–water partition coefficient (Wildman–Crippen LogP) is 8.22. The molecule has 0 spiro atoms. The second-order valence-corrected chi connectivity index (χ2v) is 9.81. The van der Waals surface area contributed by atoms with Crippen LogP contribution in [0.25, 0.3) is 0 Å². The highest BCUT2D eigenvalue weighted by Gasteiger charge is 2.25. The van der Waals surface area contributed by atoms with E-state index in [2.05, 4.69) is 29.5 Å². The molecule has 0 bridgehead atoms. The summed E-state index contributed by atoms with van der Waals surface area (Å²) in [5.41, 5.74) is 0. The molecule has 4 heteroatoms. The summed E-state index contributed by atoms with van der Waals surface area (Å²) in [6.45, 7) is 4.54. The van der Waals surface area contributed by atoms with E-state index < -0.39 is 0 Å². The maximum atomic E-state index is 5.94. The average molecular weight is 525 g/mol. The molecule has 0 amide bonds. The van der Waals surface area contributed by atoms with Gasteiger partial charge in [0, 0.05) is 6.61 Å². The molecule has 174 valence electrons. The van der Waals surface area contributed by atoms with Gasteiger partial charge in [-0.1, -0.05) is 119 Å². The number of unbranched alkanes of at least 4 members (excludes halogenated alkanes) is 15. The molecule has 1 aliphatic rings. The number of alkyl halides is 1. The zero-order valence-corrected chi connectivity index (χ0v) is 21.5. The number of rotatable bonds is 22. The summed E-state index contributed by atoms with van der Waals surface area (Å²) in [7, 11) is 0. The van der Waals surface area contributed by atoms with Crippen molar-refractivity contribution in [2.24, 2.45) is 0 Å². The highest BCUT2D eigenvalue weighted by Crippen LogP contribution is 2.19. The number of hydrogen-bond acceptors (Lipinski definition) is 3. The summed E-state index contributed by atoms with van der Waals surface area (Å²) in [4.78, 5) is 0. The molecular weight excluding hydrogens is 475 g/mol. The Morgan fingerprint density at radius 1 is 0.724 bits per heavy atom. The Hall–Kier alpha value is 0.610. The van der Waals surface area contributed by atoms with Crippen LogP contribution in [0, 0.1) is 0 Å². The van der Waals surface area contributed by atoms with Crippen LogP contribution in [-0.2, 0) is 14.2 Å². The van der Waals surface area contributed by atoms with Gasteiger partial charge in [0.25, 0.3) is 0 Å². The van der Waals surface area contributed by atoms with Crippen molar-refractivity contribution in [2.45, 2.75) is 135 Å². The quantitative estimate of drug-likeness (QED) is 0.0811. The maximum absolute atomic E-state index is 5.94.